The van der Waals surface area contributed by atoms with E-state index in [1.54, 1.807) is 28.4 Å². The lowest BCUT2D eigenvalue weighted by Crippen LogP contribution is -2.08. The van der Waals surface area contributed by atoms with Gasteiger partial charge in [-0.1, -0.05) is 0 Å². The summed E-state index contributed by atoms with van der Waals surface area (Å²) in [5.41, 5.74) is 12.6. The molecule has 28 heavy (non-hydrogen) atoms. The maximum atomic E-state index is 6.12. The molecule has 0 spiro atoms. The molecule has 0 saturated carbocycles. The highest BCUT2D eigenvalue weighted by Crippen LogP contribution is 2.50. The Kier molecular flexibility index (Phi) is 4.50. The predicted molar refractivity (Wildman–Crippen MR) is 107 cm³/mol. The van der Waals surface area contributed by atoms with E-state index in [4.69, 9.17) is 24.7 Å². The Hall–Kier alpha value is -3.35. The molecule has 3 N–H and O–H groups in total. The first-order valence-electron chi connectivity index (χ1n) is 8.96. The number of ether oxygens (including phenoxy) is 4. The number of aryl methyl sites for hydroxylation is 1. The third-order valence-corrected chi connectivity index (χ3v) is 5.17. The van der Waals surface area contributed by atoms with Gasteiger partial charge in [-0.05, 0) is 42.7 Å². The lowest BCUT2D eigenvalue weighted by molar-refractivity contribution is 0.322. The van der Waals surface area contributed by atoms with E-state index >= 15 is 0 Å². The summed E-state index contributed by atoms with van der Waals surface area (Å²) in [6, 6.07) is 7.67. The second kappa shape index (κ2) is 6.99. The van der Waals surface area contributed by atoms with E-state index in [0.29, 0.717) is 28.7 Å². The van der Waals surface area contributed by atoms with Gasteiger partial charge in [0.1, 0.15) is 11.4 Å². The zero-order chi connectivity index (χ0) is 19.8. The molecule has 0 atom stereocenters. The third kappa shape index (κ3) is 2.62. The monoisotopic (exact) mass is 381 g/mol. The SMILES string of the molecule is COc1ccc(-c2n[nH]c3c2-c2cc(OC)c(OC)c(OC)c2CC3)cc1N. The van der Waals surface area contributed by atoms with Crippen molar-refractivity contribution in [2.45, 2.75) is 12.8 Å². The van der Waals surface area contributed by atoms with Crippen molar-refractivity contribution < 1.29 is 18.9 Å². The van der Waals surface area contributed by atoms with Crippen molar-refractivity contribution in [2.75, 3.05) is 34.2 Å². The third-order valence-electron chi connectivity index (χ3n) is 5.17. The fraction of sp³-hybridized carbons (Fsp3) is 0.286. The van der Waals surface area contributed by atoms with E-state index in [-0.39, 0.29) is 0 Å². The van der Waals surface area contributed by atoms with E-state index in [0.717, 1.165) is 46.5 Å². The Balaban J connectivity index is 1.95. The van der Waals surface area contributed by atoms with Gasteiger partial charge in [-0.25, -0.2) is 0 Å². The number of nitrogens with one attached hydrogen (secondary N) is 1. The number of aromatic nitrogens is 2. The minimum absolute atomic E-state index is 0.567. The molecular formula is C21H23N3O4. The summed E-state index contributed by atoms with van der Waals surface area (Å²) in [6.45, 7) is 0. The van der Waals surface area contributed by atoms with Crippen LogP contribution in [0.4, 0.5) is 5.69 Å². The maximum absolute atomic E-state index is 6.12. The standard InChI is InChI=1S/C21H23N3O4/c1-25-16-8-5-11(9-14(16)22)19-18-13-10-17(26-2)21(28-4)20(27-3)12(13)6-7-15(18)23-24-19/h5,8-10H,6-7,22H2,1-4H3,(H,23,24). The van der Waals surface area contributed by atoms with Gasteiger partial charge in [0.2, 0.25) is 5.75 Å². The molecule has 146 valence electrons. The first-order valence-corrected chi connectivity index (χ1v) is 8.96. The minimum atomic E-state index is 0.567. The summed E-state index contributed by atoms with van der Waals surface area (Å²) in [5, 5.41) is 7.77. The summed E-state index contributed by atoms with van der Waals surface area (Å²) in [7, 11) is 6.48. The Morgan fingerprint density at radius 1 is 0.893 bits per heavy atom. The molecule has 3 aromatic rings. The number of benzene rings is 2. The normalized spacial score (nSPS) is 12.1. The Labute approximate surface area is 163 Å². The second-order valence-electron chi connectivity index (χ2n) is 6.55. The zero-order valence-corrected chi connectivity index (χ0v) is 16.4. The number of methoxy groups -OCH3 is 4. The second-order valence-corrected chi connectivity index (χ2v) is 6.55. The fourth-order valence-electron chi connectivity index (χ4n) is 3.88. The summed E-state index contributed by atoms with van der Waals surface area (Å²) < 4.78 is 22.1. The molecule has 0 saturated heterocycles. The number of nitrogens with zero attached hydrogens (tertiary/aromatic N) is 1. The first kappa shape index (κ1) is 18.0. The van der Waals surface area contributed by atoms with Crippen LogP contribution in [0.2, 0.25) is 0 Å². The molecular weight excluding hydrogens is 358 g/mol. The summed E-state index contributed by atoms with van der Waals surface area (Å²) in [6.07, 6.45) is 1.64. The van der Waals surface area contributed by atoms with E-state index < -0.39 is 0 Å². The molecule has 0 unspecified atom stereocenters. The summed E-state index contributed by atoms with van der Waals surface area (Å²) >= 11 is 0. The lowest BCUT2D eigenvalue weighted by Gasteiger charge is -2.23. The van der Waals surface area contributed by atoms with Crippen LogP contribution < -0.4 is 24.7 Å². The number of rotatable bonds is 5. The minimum Gasteiger partial charge on any atom is -0.495 e. The van der Waals surface area contributed by atoms with E-state index in [2.05, 4.69) is 10.2 Å². The van der Waals surface area contributed by atoms with Crippen LogP contribution in [0.1, 0.15) is 11.3 Å². The van der Waals surface area contributed by atoms with Crippen LogP contribution in [0, 0.1) is 0 Å². The fourth-order valence-corrected chi connectivity index (χ4v) is 3.88. The highest BCUT2D eigenvalue weighted by Gasteiger charge is 2.29. The molecule has 1 aliphatic carbocycles. The Bertz CT molecular complexity index is 1040. The van der Waals surface area contributed by atoms with Crippen molar-refractivity contribution in [3.63, 3.8) is 0 Å². The molecule has 1 aromatic heterocycles. The van der Waals surface area contributed by atoms with Crippen LogP contribution in [0.3, 0.4) is 0 Å². The van der Waals surface area contributed by atoms with Gasteiger partial charge in [-0.3, -0.25) is 5.10 Å². The lowest BCUT2D eigenvalue weighted by atomic mass is 9.86. The van der Waals surface area contributed by atoms with Crippen molar-refractivity contribution in [2.24, 2.45) is 0 Å². The van der Waals surface area contributed by atoms with Crippen LogP contribution in [0.15, 0.2) is 24.3 Å². The van der Waals surface area contributed by atoms with Gasteiger partial charge in [0.15, 0.2) is 11.5 Å². The van der Waals surface area contributed by atoms with Crippen LogP contribution in [-0.2, 0) is 12.8 Å². The largest absolute Gasteiger partial charge is 0.495 e. The van der Waals surface area contributed by atoms with Gasteiger partial charge in [0.05, 0.1) is 34.1 Å². The maximum Gasteiger partial charge on any atom is 0.203 e. The van der Waals surface area contributed by atoms with E-state index in [1.165, 1.54) is 0 Å². The van der Waals surface area contributed by atoms with Crippen LogP contribution >= 0.6 is 0 Å². The molecule has 2 aromatic carbocycles. The molecule has 7 heteroatoms. The number of fused-ring (bicyclic) bond motifs is 3. The molecule has 0 amide bonds. The number of H-pyrrole nitrogens is 1. The molecule has 0 aliphatic heterocycles. The van der Waals surface area contributed by atoms with E-state index in [1.807, 2.05) is 24.3 Å². The molecule has 0 bridgehead atoms. The van der Waals surface area contributed by atoms with Gasteiger partial charge in [-0.2, -0.15) is 5.10 Å². The summed E-state index contributed by atoms with van der Waals surface area (Å²) in [5.74, 6) is 2.56. The number of aromatic amines is 1. The average molecular weight is 381 g/mol. The van der Waals surface area contributed by atoms with Crippen molar-refractivity contribution in [1.82, 2.24) is 10.2 Å². The molecule has 1 heterocycles. The number of hydrogen-bond donors (Lipinski definition) is 2. The summed E-state index contributed by atoms with van der Waals surface area (Å²) in [4.78, 5) is 0. The van der Waals surface area contributed by atoms with Gasteiger partial charge in [0.25, 0.3) is 0 Å². The number of nitrogen functional groups attached to an aromatic ring is 1. The Morgan fingerprint density at radius 3 is 2.29 bits per heavy atom. The van der Waals surface area contributed by atoms with Crippen LogP contribution in [-0.4, -0.2) is 38.6 Å². The van der Waals surface area contributed by atoms with Crippen molar-refractivity contribution in [3.8, 4) is 45.4 Å². The predicted octanol–water partition coefficient (Wildman–Crippen LogP) is 3.46. The molecule has 0 fully saturated rings. The van der Waals surface area contributed by atoms with Gasteiger partial charge in [-0.15, -0.1) is 0 Å². The Morgan fingerprint density at radius 2 is 1.64 bits per heavy atom. The van der Waals surface area contributed by atoms with Crippen molar-refractivity contribution in [1.29, 1.82) is 0 Å². The highest BCUT2D eigenvalue weighted by molar-refractivity contribution is 5.89. The molecule has 7 nitrogen and oxygen atoms in total. The molecule has 4 rings (SSSR count). The molecule has 1 aliphatic rings. The van der Waals surface area contributed by atoms with Gasteiger partial charge < -0.3 is 24.7 Å². The number of anilines is 1. The molecule has 0 radical (unpaired) electrons. The topological polar surface area (TPSA) is 91.6 Å². The first-order chi connectivity index (χ1) is 13.6. The van der Waals surface area contributed by atoms with E-state index in [9.17, 15) is 0 Å². The highest BCUT2D eigenvalue weighted by atomic mass is 16.5. The zero-order valence-electron chi connectivity index (χ0n) is 16.4. The quantitative estimate of drug-likeness (QED) is 0.658. The average Bonchev–Trinajstić information content (AvgIpc) is 3.16. The van der Waals surface area contributed by atoms with Crippen molar-refractivity contribution >= 4 is 5.69 Å². The van der Waals surface area contributed by atoms with Crippen molar-refractivity contribution in [3.05, 3.63) is 35.5 Å². The van der Waals surface area contributed by atoms with Gasteiger partial charge in [0, 0.05) is 22.4 Å². The van der Waals surface area contributed by atoms with Crippen LogP contribution in [0.5, 0.6) is 23.0 Å². The number of nitrogens with two attached hydrogens (primary N) is 1. The number of hydrogen-bond acceptors (Lipinski definition) is 6. The van der Waals surface area contributed by atoms with Crippen LogP contribution in [0.25, 0.3) is 22.4 Å². The van der Waals surface area contributed by atoms with Gasteiger partial charge >= 0.3 is 0 Å². The smallest absolute Gasteiger partial charge is 0.203 e.